The van der Waals surface area contributed by atoms with Crippen LogP contribution < -0.4 is 5.32 Å². The molecule has 0 unspecified atom stereocenters. The summed E-state index contributed by atoms with van der Waals surface area (Å²) < 4.78 is 15.9. The highest BCUT2D eigenvalue weighted by Gasteiger charge is 2.21. The lowest BCUT2D eigenvalue weighted by Crippen LogP contribution is -2.30. The van der Waals surface area contributed by atoms with Crippen molar-refractivity contribution in [1.29, 1.82) is 0 Å². The predicted molar refractivity (Wildman–Crippen MR) is 107 cm³/mol. The molecule has 1 saturated heterocycles. The number of carbonyl (C=O) groups is 2. The normalized spacial score (nSPS) is 14.2. The molecule has 0 aliphatic carbocycles. The number of amides is 2. The molecule has 1 fully saturated rings. The predicted octanol–water partition coefficient (Wildman–Crippen LogP) is 3.18. The second-order valence-electron chi connectivity index (χ2n) is 6.88. The van der Waals surface area contributed by atoms with Crippen molar-refractivity contribution < 1.29 is 14.0 Å². The van der Waals surface area contributed by atoms with Crippen LogP contribution in [0.2, 0.25) is 0 Å². The fourth-order valence-electron chi connectivity index (χ4n) is 3.50. The first-order valence-electron chi connectivity index (χ1n) is 9.32. The van der Waals surface area contributed by atoms with Gasteiger partial charge in [0.05, 0.1) is 4.88 Å². The summed E-state index contributed by atoms with van der Waals surface area (Å²) in [4.78, 5) is 27.4. The first-order chi connectivity index (χ1) is 13.5. The van der Waals surface area contributed by atoms with Gasteiger partial charge >= 0.3 is 0 Å². The van der Waals surface area contributed by atoms with Crippen LogP contribution >= 0.6 is 11.3 Å². The summed E-state index contributed by atoms with van der Waals surface area (Å²) in [6, 6.07) is 8.27. The van der Waals surface area contributed by atoms with E-state index < -0.39 is 0 Å². The Morgan fingerprint density at radius 3 is 2.93 bits per heavy atom. The van der Waals surface area contributed by atoms with Crippen LogP contribution in [0.4, 0.5) is 4.39 Å². The molecule has 3 heterocycles. The Labute approximate surface area is 165 Å². The smallest absolute Gasteiger partial charge is 0.261 e. The summed E-state index contributed by atoms with van der Waals surface area (Å²) >= 11 is 1.34. The van der Waals surface area contributed by atoms with Gasteiger partial charge in [0.15, 0.2) is 0 Å². The summed E-state index contributed by atoms with van der Waals surface area (Å²) in [5.41, 5.74) is 0.964. The van der Waals surface area contributed by atoms with E-state index in [2.05, 4.69) is 10.4 Å². The van der Waals surface area contributed by atoms with Gasteiger partial charge in [-0.2, -0.15) is 5.10 Å². The SMILES string of the molecule is Cn1nc(-c2ccccc2F)c2cc(C(=O)NCCCN3CCCC3=O)sc21. The fraction of sp³-hybridized carbons (Fsp3) is 0.350. The minimum absolute atomic E-state index is 0.159. The van der Waals surface area contributed by atoms with E-state index in [0.717, 1.165) is 29.6 Å². The van der Waals surface area contributed by atoms with E-state index in [9.17, 15) is 14.0 Å². The molecule has 2 amide bonds. The maximum Gasteiger partial charge on any atom is 0.261 e. The number of halogens is 1. The molecule has 0 saturated carbocycles. The molecule has 2 aromatic heterocycles. The van der Waals surface area contributed by atoms with E-state index in [-0.39, 0.29) is 17.6 Å². The molecule has 1 aliphatic rings. The number of hydrogen-bond acceptors (Lipinski definition) is 4. The summed E-state index contributed by atoms with van der Waals surface area (Å²) in [6.45, 7) is 2.00. The van der Waals surface area contributed by atoms with Crippen molar-refractivity contribution in [1.82, 2.24) is 20.0 Å². The Morgan fingerprint density at radius 1 is 1.36 bits per heavy atom. The highest BCUT2D eigenvalue weighted by Crippen LogP contribution is 2.34. The topological polar surface area (TPSA) is 67.2 Å². The molecule has 8 heteroatoms. The number of nitrogens with zero attached hydrogens (tertiary/aromatic N) is 3. The second kappa shape index (κ2) is 7.71. The van der Waals surface area contributed by atoms with E-state index in [4.69, 9.17) is 0 Å². The van der Waals surface area contributed by atoms with Crippen molar-refractivity contribution in [3.8, 4) is 11.3 Å². The second-order valence-corrected chi connectivity index (χ2v) is 7.91. The Bertz CT molecular complexity index is 1040. The number of benzene rings is 1. The number of thiophene rings is 1. The lowest BCUT2D eigenvalue weighted by molar-refractivity contribution is -0.127. The van der Waals surface area contributed by atoms with E-state index >= 15 is 0 Å². The largest absolute Gasteiger partial charge is 0.351 e. The Hall–Kier alpha value is -2.74. The van der Waals surface area contributed by atoms with Gasteiger partial charge in [-0.05, 0) is 31.0 Å². The number of hydrogen-bond donors (Lipinski definition) is 1. The van der Waals surface area contributed by atoms with E-state index in [0.29, 0.717) is 35.6 Å². The van der Waals surface area contributed by atoms with Gasteiger partial charge in [-0.3, -0.25) is 14.3 Å². The molecule has 0 spiro atoms. The zero-order chi connectivity index (χ0) is 19.7. The van der Waals surface area contributed by atoms with Gasteiger partial charge in [-0.1, -0.05) is 12.1 Å². The molecule has 146 valence electrons. The van der Waals surface area contributed by atoms with Crippen LogP contribution in [0.5, 0.6) is 0 Å². The van der Waals surface area contributed by atoms with E-state index in [1.54, 1.807) is 36.0 Å². The molecule has 1 aromatic carbocycles. The molecule has 6 nitrogen and oxygen atoms in total. The van der Waals surface area contributed by atoms with Crippen molar-refractivity contribution in [3.63, 3.8) is 0 Å². The van der Waals surface area contributed by atoms with Crippen LogP contribution in [0.25, 0.3) is 21.5 Å². The minimum Gasteiger partial charge on any atom is -0.351 e. The molecule has 1 aliphatic heterocycles. The summed E-state index contributed by atoms with van der Waals surface area (Å²) in [5.74, 6) is -0.298. The molecule has 0 radical (unpaired) electrons. The molecular weight excluding hydrogens is 379 g/mol. The Balaban J connectivity index is 1.46. The molecule has 1 N–H and O–H groups in total. The monoisotopic (exact) mass is 400 g/mol. The highest BCUT2D eigenvalue weighted by atomic mass is 32.1. The van der Waals surface area contributed by atoms with Gasteiger partial charge < -0.3 is 10.2 Å². The van der Waals surface area contributed by atoms with Gasteiger partial charge in [0, 0.05) is 44.1 Å². The number of likely N-dealkylation sites (tertiary alicyclic amines) is 1. The quantitative estimate of drug-likeness (QED) is 0.646. The van der Waals surface area contributed by atoms with E-state index in [1.807, 2.05) is 4.90 Å². The first-order valence-corrected chi connectivity index (χ1v) is 10.1. The van der Waals surface area contributed by atoms with E-state index in [1.165, 1.54) is 17.4 Å². The third-order valence-electron chi connectivity index (χ3n) is 4.93. The van der Waals surface area contributed by atoms with Crippen molar-refractivity contribution in [2.75, 3.05) is 19.6 Å². The molecular formula is C20H21FN4O2S. The van der Waals surface area contributed by atoms with Crippen LogP contribution in [0.1, 0.15) is 28.9 Å². The minimum atomic E-state index is -0.337. The van der Waals surface area contributed by atoms with Gasteiger partial charge in [0.2, 0.25) is 5.91 Å². The fourth-order valence-corrected chi connectivity index (χ4v) is 4.49. The van der Waals surface area contributed by atoms with Crippen LogP contribution in [0.3, 0.4) is 0 Å². The zero-order valence-electron chi connectivity index (χ0n) is 15.6. The summed E-state index contributed by atoms with van der Waals surface area (Å²) in [7, 11) is 1.79. The van der Waals surface area contributed by atoms with Gasteiger partial charge in [-0.25, -0.2) is 4.39 Å². The van der Waals surface area contributed by atoms with Crippen molar-refractivity contribution in [3.05, 3.63) is 41.0 Å². The maximum absolute atomic E-state index is 14.2. The number of fused-ring (bicyclic) bond motifs is 1. The van der Waals surface area contributed by atoms with Crippen LogP contribution in [0, 0.1) is 5.82 Å². The van der Waals surface area contributed by atoms with Crippen molar-refractivity contribution in [2.45, 2.75) is 19.3 Å². The number of carbonyl (C=O) groups excluding carboxylic acids is 2. The zero-order valence-corrected chi connectivity index (χ0v) is 16.4. The standard InChI is InChI=1S/C20H21FN4O2S/c1-24-20-14(18(23-24)13-6-2-3-7-15(13)21)12-16(28-20)19(27)22-9-5-11-25-10-4-8-17(25)26/h2-3,6-7,12H,4-5,8-11H2,1H3,(H,22,27). The molecule has 4 rings (SSSR count). The number of nitrogens with one attached hydrogen (secondary N) is 1. The third-order valence-corrected chi connectivity index (χ3v) is 6.13. The molecule has 0 bridgehead atoms. The molecule has 0 atom stereocenters. The highest BCUT2D eigenvalue weighted by molar-refractivity contribution is 7.20. The number of aromatic nitrogens is 2. The maximum atomic E-state index is 14.2. The van der Waals surface area contributed by atoms with Gasteiger partial charge in [-0.15, -0.1) is 11.3 Å². The average Bonchev–Trinajstić information content (AvgIpc) is 3.36. The van der Waals surface area contributed by atoms with Crippen molar-refractivity contribution in [2.24, 2.45) is 7.05 Å². The molecule has 3 aromatic rings. The first kappa shape index (κ1) is 18.6. The van der Waals surface area contributed by atoms with Crippen LogP contribution in [-0.2, 0) is 11.8 Å². The number of aryl methyl sites for hydroxylation is 1. The van der Waals surface area contributed by atoms with Crippen LogP contribution in [-0.4, -0.2) is 46.1 Å². The summed E-state index contributed by atoms with van der Waals surface area (Å²) in [6.07, 6.45) is 2.28. The lowest BCUT2D eigenvalue weighted by Gasteiger charge is -2.15. The average molecular weight is 400 g/mol. The van der Waals surface area contributed by atoms with Crippen LogP contribution in [0.15, 0.2) is 30.3 Å². The van der Waals surface area contributed by atoms with Gasteiger partial charge in [0.1, 0.15) is 16.3 Å². The van der Waals surface area contributed by atoms with Crippen molar-refractivity contribution >= 4 is 33.4 Å². The number of rotatable bonds is 6. The molecule has 28 heavy (non-hydrogen) atoms. The summed E-state index contributed by atoms with van der Waals surface area (Å²) in [5, 5.41) is 8.10. The Morgan fingerprint density at radius 2 is 2.18 bits per heavy atom. The third kappa shape index (κ3) is 3.52. The lowest BCUT2D eigenvalue weighted by atomic mass is 10.1. The Kier molecular flexibility index (Phi) is 5.13. The van der Waals surface area contributed by atoms with Gasteiger partial charge in [0.25, 0.3) is 5.91 Å².